The van der Waals surface area contributed by atoms with Crippen LogP contribution in [0.5, 0.6) is 0 Å². The fourth-order valence-electron chi connectivity index (χ4n) is 5.82. The molecule has 10 heteroatoms. The quantitative estimate of drug-likeness (QED) is 0.0655. The molecule has 0 spiro atoms. The first-order chi connectivity index (χ1) is 23.7. The molecule has 0 aliphatic carbocycles. The van der Waals surface area contributed by atoms with Crippen LogP contribution in [0.15, 0.2) is 121 Å². The van der Waals surface area contributed by atoms with E-state index < -0.39 is 6.04 Å². The molecule has 1 heterocycles. The zero-order valence-electron chi connectivity index (χ0n) is 27.6. The van der Waals surface area contributed by atoms with E-state index in [-0.39, 0.29) is 29.6 Å². The predicted octanol–water partition coefficient (Wildman–Crippen LogP) is 5.61. The number of benzene rings is 4. The van der Waals surface area contributed by atoms with Crippen LogP contribution in [-0.2, 0) is 24.4 Å². The van der Waals surface area contributed by atoms with Gasteiger partial charge >= 0.3 is 0 Å². The number of carbonyl (C=O) groups excluding carboxylic acids is 2. The van der Waals surface area contributed by atoms with Gasteiger partial charge in [-0.05, 0) is 83.1 Å². The minimum atomic E-state index is -0.801. The minimum absolute atomic E-state index is 0.0219. The maximum atomic E-state index is 13.6. The predicted molar refractivity (Wildman–Crippen MR) is 192 cm³/mol. The van der Waals surface area contributed by atoms with Crippen molar-refractivity contribution >= 4 is 28.5 Å². The molecule has 0 aliphatic rings. The van der Waals surface area contributed by atoms with Gasteiger partial charge in [-0.2, -0.15) is 0 Å². The molecule has 9 nitrogen and oxygen atoms in total. The van der Waals surface area contributed by atoms with E-state index in [2.05, 4.69) is 25.5 Å². The topological polar surface area (TPSA) is 139 Å². The third kappa shape index (κ3) is 10.2. The van der Waals surface area contributed by atoms with Crippen LogP contribution in [0, 0.1) is 5.82 Å². The molecular formula is C39H42FN7O2. The Bertz CT molecular complexity index is 1860. The van der Waals surface area contributed by atoms with Crippen molar-refractivity contribution in [3.63, 3.8) is 0 Å². The summed E-state index contributed by atoms with van der Waals surface area (Å²) in [5.41, 5.74) is 15.4. The summed E-state index contributed by atoms with van der Waals surface area (Å²) >= 11 is 0. The van der Waals surface area contributed by atoms with E-state index in [0.717, 1.165) is 33.0 Å². The van der Waals surface area contributed by atoms with Crippen molar-refractivity contribution in [2.75, 3.05) is 6.54 Å². The van der Waals surface area contributed by atoms with Gasteiger partial charge in [-0.1, -0.05) is 72.8 Å². The van der Waals surface area contributed by atoms with Gasteiger partial charge in [0.15, 0.2) is 5.96 Å². The maximum absolute atomic E-state index is 13.6. The second-order valence-electron chi connectivity index (χ2n) is 12.1. The molecule has 1 aromatic heterocycles. The number of hydrogen-bond acceptors (Lipinski definition) is 5. The summed E-state index contributed by atoms with van der Waals surface area (Å²) in [7, 11) is 0. The molecule has 5 aromatic rings. The zero-order chi connectivity index (χ0) is 34.6. The fourth-order valence-corrected chi connectivity index (χ4v) is 5.82. The number of fused-ring (bicyclic) bond motifs is 1. The average molecular weight is 660 g/mol. The lowest BCUT2D eigenvalue weighted by Gasteiger charge is -2.23. The normalized spacial score (nSPS) is 12.3. The number of rotatable bonds is 15. The van der Waals surface area contributed by atoms with E-state index in [9.17, 15) is 14.0 Å². The maximum Gasteiger partial charge on any atom is 0.251 e. The van der Waals surface area contributed by atoms with Crippen molar-refractivity contribution in [2.24, 2.45) is 16.5 Å². The number of carbonyl (C=O) groups is 2. The van der Waals surface area contributed by atoms with Crippen LogP contribution in [0.2, 0.25) is 0 Å². The standard InChI is InChI=1S/C39H42FN7O2/c1-27(34-11-4-9-31-8-2-3-10-35(31)34)45-38(49)36(12-6-22-44-39(41)42)46-37(48)32-17-13-28(14-18-32)24-47(26-30-7-5-21-43-23-30)25-29-15-19-33(40)20-16-29/h2-5,7-11,13-21,23,27,36H,6,12,22,24-26H2,1H3,(H,45,49)(H,46,48)(H4,41,42,44)/t27-,36+/m1/s1. The monoisotopic (exact) mass is 659 g/mol. The molecule has 6 N–H and O–H groups in total. The van der Waals surface area contributed by atoms with E-state index in [1.165, 1.54) is 12.1 Å². The Labute approximate surface area is 286 Å². The Kier molecular flexibility index (Phi) is 12.0. The van der Waals surface area contributed by atoms with Crippen LogP contribution < -0.4 is 22.1 Å². The Morgan fingerprint density at radius 2 is 1.49 bits per heavy atom. The minimum Gasteiger partial charge on any atom is -0.370 e. The number of aromatic nitrogens is 1. The molecule has 0 aliphatic heterocycles. The highest BCUT2D eigenvalue weighted by molar-refractivity contribution is 5.97. The van der Waals surface area contributed by atoms with Crippen molar-refractivity contribution in [3.8, 4) is 0 Å². The Morgan fingerprint density at radius 3 is 2.18 bits per heavy atom. The Balaban J connectivity index is 1.27. The van der Waals surface area contributed by atoms with Gasteiger partial charge in [0.2, 0.25) is 5.91 Å². The summed E-state index contributed by atoms with van der Waals surface area (Å²) in [4.78, 5) is 37.6. The van der Waals surface area contributed by atoms with Crippen molar-refractivity contribution in [1.29, 1.82) is 0 Å². The molecule has 5 rings (SSSR count). The highest BCUT2D eigenvalue weighted by Crippen LogP contribution is 2.24. The first-order valence-electron chi connectivity index (χ1n) is 16.3. The number of aliphatic imine (C=N–C) groups is 1. The van der Waals surface area contributed by atoms with E-state index in [4.69, 9.17) is 11.5 Å². The smallest absolute Gasteiger partial charge is 0.251 e. The number of hydrogen-bond donors (Lipinski definition) is 4. The van der Waals surface area contributed by atoms with Crippen LogP contribution in [0.4, 0.5) is 4.39 Å². The third-order valence-electron chi connectivity index (χ3n) is 8.29. The number of halogens is 1. The molecule has 0 unspecified atom stereocenters. The molecule has 49 heavy (non-hydrogen) atoms. The first-order valence-corrected chi connectivity index (χ1v) is 16.3. The Morgan fingerprint density at radius 1 is 0.816 bits per heavy atom. The first kappa shape index (κ1) is 34.7. The number of nitrogens with two attached hydrogens (primary N) is 2. The SMILES string of the molecule is C[C@@H](NC(=O)[C@H](CCCN=C(N)N)NC(=O)c1ccc(CN(Cc2ccc(F)cc2)Cc2cccnc2)cc1)c1cccc2ccccc12. The summed E-state index contributed by atoms with van der Waals surface area (Å²) in [6.07, 6.45) is 4.42. The second kappa shape index (κ2) is 17.0. The highest BCUT2D eigenvalue weighted by Gasteiger charge is 2.24. The van der Waals surface area contributed by atoms with Gasteiger partial charge in [-0.15, -0.1) is 0 Å². The van der Waals surface area contributed by atoms with Gasteiger partial charge in [0.25, 0.3) is 5.91 Å². The van der Waals surface area contributed by atoms with Crippen LogP contribution >= 0.6 is 0 Å². The lowest BCUT2D eigenvalue weighted by atomic mass is 9.99. The van der Waals surface area contributed by atoms with Crippen LogP contribution in [0.3, 0.4) is 0 Å². The number of pyridine rings is 1. The van der Waals surface area contributed by atoms with Crippen molar-refractivity contribution in [3.05, 3.63) is 149 Å². The summed E-state index contributed by atoms with van der Waals surface area (Å²) in [5.74, 6) is -0.942. The van der Waals surface area contributed by atoms with Crippen molar-refractivity contribution in [1.82, 2.24) is 20.5 Å². The molecular weight excluding hydrogens is 617 g/mol. The number of nitrogens with zero attached hydrogens (tertiary/aromatic N) is 3. The van der Waals surface area contributed by atoms with E-state index >= 15 is 0 Å². The summed E-state index contributed by atoms with van der Waals surface area (Å²) < 4.78 is 13.5. The lowest BCUT2D eigenvalue weighted by molar-refractivity contribution is -0.123. The fraction of sp³-hybridized carbons (Fsp3) is 0.231. The zero-order valence-corrected chi connectivity index (χ0v) is 27.6. The summed E-state index contributed by atoms with van der Waals surface area (Å²) in [6.45, 7) is 4.11. The van der Waals surface area contributed by atoms with Gasteiger partial charge in [0.05, 0.1) is 6.04 Å². The molecule has 0 saturated heterocycles. The van der Waals surface area contributed by atoms with Crippen molar-refractivity contribution < 1.29 is 14.0 Å². The van der Waals surface area contributed by atoms with Gasteiger partial charge in [0.1, 0.15) is 11.9 Å². The van der Waals surface area contributed by atoms with E-state index in [1.807, 2.05) is 79.9 Å². The number of guanidine groups is 1. The number of amides is 2. The molecule has 0 fully saturated rings. The van der Waals surface area contributed by atoms with Gasteiger partial charge in [0, 0.05) is 44.1 Å². The highest BCUT2D eigenvalue weighted by atomic mass is 19.1. The molecule has 0 bridgehead atoms. The van der Waals surface area contributed by atoms with E-state index in [1.54, 1.807) is 30.5 Å². The molecule has 0 radical (unpaired) electrons. The molecule has 0 saturated carbocycles. The third-order valence-corrected chi connectivity index (χ3v) is 8.29. The summed E-state index contributed by atoms with van der Waals surface area (Å²) in [6, 6.07) is 30.7. The lowest BCUT2D eigenvalue weighted by Crippen LogP contribution is -2.47. The summed E-state index contributed by atoms with van der Waals surface area (Å²) in [5, 5.41) is 8.18. The van der Waals surface area contributed by atoms with Gasteiger partial charge < -0.3 is 22.1 Å². The van der Waals surface area contributed by atoms with E-state index in [0.29, 0.717) is 44.6 Å². The molecule has 2 amide bonds. The average Bonchev–Trinajstić information content (AvgIpc) is 3.10. The van der Waals surface area contributed by atoms with Crippen LogP contribution in [0.25, 0.3) is 10.8 Å². The molecule has 252 valence electrons. The van der Waals surface area contributed by atoms with Crippen LogP contribution in [-0.4, -0.2) is 40.2 Å². The molecule has 4 aromatic carbocycles. The number of nitrogens with one attached hydrogen (secondary N) is 2. The second-order valence-corrected chi connectivity index (χ2v) is 12.1. The van der Waals surface area contributed by atoms with Gasteiger partial charge in [-0.3, -0.25) is 24.5 Å². The Hall–Kier alpha value is -5.61. The van der Waals surface area contributed by atoms with Crippen LogP contribution in [0.1, 0.15) is 58.4 Å². The van der Waals surface area contributed by atoms with Gasteiger partial charge in [-0.25, -0.2) is 4.39 Å². The largest absolute Gasteiger partial charge is 0.370 e. The molecule has 2 atom stereocenters. The van der Waals surface area contributed by atoms with Crippen molar-refractivity contribution in [2.45, 2.75) is 51.5 Å².